The number of aromatic nitrogens is 2. The van der Waals surface area contributed by atoms with E-state index >= 15 is 0 Å². The largest absolute Gasteiger partial charge is 0.480 e. The lowest BCUT2D eigenvalue weighted by Gasteiger charge is -2.04. The minimum atomic E-state index is -1.03. The lowest BCUT2D eigenvalue weighted by atomic mass is 10.3. The molecule has 1 heterocycles. The predicted octanol–water partition coefficient (Wildman–Crippen LogP) is 0.0575. The second-order valence-electron chi connectivity index (χ2n) is 2.33. The molecule has 12 heavy (non-hydrogen) atoms. The Morgan fingerprint density at radius 3 is 3.00 bits per heavy atom. The molecule has 0 saturated heterocycles. The number of hydrogen-bond donors (Lipinski definition) is 2. The zero-order valence-electron chi connectivity index (χ0n) is 6.14. The topological polar surface area (TPSA) is 81.1 Å². The molecule has 1 rings (SSSR count). The van der Waals surface area contributed by atoms with E-state index in [1.807, 2.05) is 0 Å². The van der Waals surface area contributed by atoms with E-state index in [4.69, 9.17) is 10.8 Å². The van der Waals surface area contributed by atoms with Crippen LogP contribution in [0.5, 0.6) is 0 Å². The first-order valence-electron chi connectivity index (χ1n) is 3.26. The van der Waals surface area contributed by atoms with Gasteiger partial charge in [-0.2, -0.15) is 5.10 Å². The van der Waals surface area contributed by atoms with Crippen molar-refractivity contribution in [1.82, 2.24) is 9.78 Å². The number of carboxylic acids is 1. The minimum absolute atomic E-state index is 0.181. The van der Waals surface area contributed by atoms with Crippen LogP contribution in [0.25, 0.3) is 0 Å². The highest BCUT2D eigenvalue weighted by Crippen LogP contribution is 2.06. The zero-order chi connectivity index (χ0) is 9.14. The Morgan fingerprint density at radius 1 is 1.92 bits per heavy atom. The van der Waals surface area contributed by atoms with Crippen molar-refractivity contribution in [3.05, 3.63) is 16.9 Å². The van der Waals surface area contributed by atoms with Crippen molar-refractivity contribution in [2.75, 3.05) is 0 Å². The van der Waals surface area contributed by atoms with E-state index in [0.29, 0.717) is 0 Å². The van der Waals surface area contributed by atoms with Crippen LogP contribution in [0.15, 0.2) is 16.9 Å². The summed E-state index contributed by atoms with van der Waals surface area (Å²) in [5.41, 5.74) is 5.28. The Morgan fingerprint density at radius 2 is 2.58 bits per heavy atom. The number of hydrogen-bond acceptors (Lipinski definition) is 3. The van der Waals surface area contributed by atoms with E-state index in [-0.39, 0.29) is 6.54 Å². The number of nitrogens with two attached hydrogens (primary N) is 1. The highest BCUT2D eigenvalue weighted by atomic mass is 79.9. The van der Waals surface area contributed by atoms with Gasteiger partial charge in [-0.3, -0.25) is 9.48 Å². The fourth-order valence-electron chi connectivity index (χ4n) is 0.718. The Labute approximate surface area is 77.3 Å². The number of carboxylic acid groups (broad SMARTS) is 1. The monoisotopic (exact) mass is 233 g/mol. The van der Waals surface area contributed by atoms with Crippen LogP contribution in [-0.4, -0.2) is 26.9 Å². The number of halogens is 1. The van der Waals surface area contributed by atoms with Crippen molar-refractivity contribution in [2.45, 2.75) is 12.6 Å². The fraction of sp³-hybridized carbons (Fsp3) is 0.333. The van der Waals surface area contributed by atoms with Gasteiger partial charge in [0.2, 0.25) is 0 Å². The fourth-order valence-corrected chi connectivity index (χ4v) is 1.05. The lowest BCUT2D eigenvalue weighted by molar-refractivity contribution is -0.138. The molecule has 0 unspecified atom stereocenters. The summed E-state index contributed by atoms with van der Waals surface area (Å²) in [5, 5.41) is 12.3. The third kappa shape index (κ3) is 2.31. The lowest BCUT2D eigenvalue weighted by Crippen LogP contribution is -2.34. The maximum atomic E-state index is 10.3. The maximum absolute atomic E-state index is 10.3. The molecule has 0 aliphatic rings. The summed E-state index contributed by atoms with van der Waals surface area (Å²) in [6.45, 7) is 0.181. The highest BCUT2D eigenvalue weighted by molar-refractivity contribution is 9.10. The molecule has 0 bridgehead atoms. The van der Waals surface area contributed by atoms with Gasteiger partial charge in [-0.05, 0) is 15.9 Å². The molecule has 0 aromatic carbocycles. The zero-order valence-corrected chi connectivity index (χ0v) is 7.73. The Balaban J connectivity index is 2.58. The molecule has 1 aromatic rings. The summed E-state index contributed by atoms with van der Waals surface area (Å²) >= 11 is 3.19. The van der Waals surface area contributed by atoms with Crippen molar-refractivity contribution in [3.8, 4) is 0 Å². The number of nitrogens with zero attached hydrogens (tertiary/aromatic N) is 2. The summed E-state index contributed by atoms with van der Waals surface area (Å²) in [5.74, 6) is -1.03. The van der Waals surface area contributed by atoms with Gasteiger partial charge in [-0.1, -0.05) is 0 Å². The van der Waals surface area contributed by atoms with Gasteiger partial charge in [0.05, 0.1) is 17.2 Å². The number of aliphatic carboxylic acids is 1. The van der Waals surface area contributed by atoms with Crippen LogP contribution in [0.4, 0.5) is 0 Å². The summed E-state index contributed by atoms with van der Waals surface area (Å²) in [6, 6.07) is -0.906. The second kappa shape index (κ2) is 3.68. The van der Waals surface area contributed by atoms with Crippen LogP contribution in [-0.2, 0) is 11.3 Å². The number of carbonyl (C=O) groups is 1. The van der Waals surface area contributed by atoms with Crippen molar-refractivity contribution in [1.29, 1.82) is 0 Å². The average Bonchev–Trinajstić information content (AvgIpc) is 2.35. The molecule has 3 N–H and O–H groups in total. The van der Waals surface area contributed by atoms with Crippen LogP contribution in [0.2, 0.25) is 0 Å². The van der Waals surface area contributed by atoms with E-state index in [2.05, 4.69) is 21.0 Å². The van der Waals surface area contributed by atoms with Gasteiger partial charge in [-0.15, -0.1) is 0 Å². The van der Waals surface area contributed by atoms with E-state index in [1.54, 1.807) is 12.4 Å². The van der Waals surface area contributed by atoms with Gasteiger partial charge in [0, 0.05) is 6.20 Å². The van der Waals surface area contributed by atoms with Gasteiger partial charge < -0.3 is 10.8 Å². The average molecular weight is 234 g/mol. The summed E-state index contributed by atoms with van der Waals surface area (Å²) in [7, 11) is 0. The normalized spacial score (nSPS) is 12.8. The van der Waals surface area contributed by atoms with E-state index in [1.165, 1.54) is 4.68 Å². The van der Waals surface area contributed by atoms with Gasteiger partial charge in [0.15, 0.2) is 0 Å². The third-order valence-electron chi connectivity index (χ3n) is 1.30. The van der Waals surface area contributed by atoms with Crippen molar-refractivity contribution in [2.24, 2.45) is 5.73 Å². The molecule has 5 nitrogen and oxygen atoms in total. The molecule has 1 aromatic heterocycles. The summed E-state index contributed by atoms with van der Waals surface area (Å²) in [6.07, 6.45) is 3.25. The van der Waals surface area contributed by atoms with Gasteiger partial charge in [0.25, 0.3) is 0 Å². The van der Waals surface area contributed by atoms with E-state index in [0.717, 1.165) is 4.47 Å². The first-order chi connectivity index (χ1) is 5.59. The smallest absolute Gasteiger partial charge is 0.322 e. The van der Waals surface area contributed by atoms with Crippen molar-refractivity contribution >= 4 is 21.9 Å². The van der Waals surface area contributed by atoms with Crippen LogP contribution >= 0.6 is 15.9 Å². The molecule has 1 atom stereocenters. The highest BCUT2D eigenvalue weighted by Gasteiger charge is 2.11. The number of rotatable bonds is 3. The molecule has 0 aliphatic carbocycles. The molecule has 0 saturated carbocycles. The third-order valence-corrected chi connectivity index (χ3v) is 1.71. The first kappa shape index (κ1) is 9.21. The second-order valence-corrected chi connectivity index (χ2v) is 3.24. The van der Waals surface area contributed by atoms with Crippen molar-refractivity contribution < 1.29 is 9.90 Å². The molecular formula is C6H8BrN3O2. The molecule has 6 heteroatoms. The van der Waals surface area contributed by atoms with E-state index < -0.39 is 12.0 Å². The van der Waals surface area contributed by atoms with Gasteiger partial charge in [0.1, 0.15) is 6.04 Å². The van der Waals surface area contributed by atoms with Crippen LogP contribution in [0.3, 0.4) is 0 Å². The first-order valence-corrected chi connectivity index (χ1v) is 4.05. The van der Waals surface area contributed by atoms with Crippen molar-refractivity contribution in [3.63, 3.8) is 0 Å². The van der Waals surface area contributed by atoms with Crippen LogP contribution in [0.1, 0.15) is 0 Å². The standard InChI is InChI=1S/C6H8BrN3O2/c7-4-1-9-10(2-4)3-5(8)6(11)12/h1-2,5H,3,8H2,(H,11,12)/t5-/m1/s1. The summed E-state index contributed by atoms with van der Waals surface area (Å²) in [4.78, 5) is 10.3. The minimum Gasteiger partial charge on any atom is -0.480 e. The summed E-state index contributed by atoms with van der Waals surface area (Å²) < 4.78 is 2.28. The Hall–Kier alpha value is -0.880. The molecule has 0 fully saturated rings. The molecule has 0 aliphatic heterocycles. The van der Waals surface area contributed by atoms with Gasteiger partial charge in [-0.25, -0.2) is 0 Å². The predicted molar refractivity (Wildman–Crippen MR) is 45.5 cm³/mol. The van der Waals surface area contributed by atoms with Crippen LogP contribution < -0.4 is 5.73 Å². The SMILES string of the molecule is N[C@H](Cn1cc(Br)cn1)C(=O)O. The molecule has 66 valence electrons. The Bertz CT molecular complexity index is 286. The maximum Gasteiger partial charge on any atom is 0.322 e. The quantitative estimate of drug-likeness (QED) is 0.774. The van der Waals surface area contributed by atoms with Crippen LogP contribution in [0, 0.1) is 0 Å². The molecule has 0 spiro atoms. The molecule has 0 amide bonds. The van der Waals surface area contributed by atoms with Gasteiger partial charge >= 0.3 is 5.97 Å². The Kier molecular flexibility index (Phi) is 2.83. The molecule has 0 radical (unpaired) electrons. The molecular weight excluding hydrogens is 226 g/mol. The van der Waals surface area contributed by atoms with E-state index in [9.17, 15) is 4.79 Å².